The zero-order valence-corrected chi connectivity index (χ0v) is 17.6. The number of carbonyl (C=O) groups excluding carboxylic acids is 1. The Hall–Kier alpha value is -1.99. The molecule has 5 nitrogen and oxygen atoms in total. The molecule has 2 aliphatic rings. The van der Waals surface area contributed by atoms with Crippen molar-refractivity contribution in [1.82, 2.24) is 4.90 Å². The molecule has 0 atom stereocenters. The standard InChI is InChI=1S/C21H25N3O2S2/c1-26-19-8-3-2-7-18(19)23-9-11-24(12-10-23)21(25)22-17-6-4-5-16(15-17)20-27-13-14-28-20/h2-8,15,20H,9-14H2,1H3,(H,22,25). The Bertz CT molecular complexity index is 819. The van der Waals surface area contributed by atoms with Gasteiger partial charge in [-0.05, 0) is 29.8 Å². The third kappa shape index (κ3) is 4.36. The molecule has 0 radical (unpaired) electrons. The van der Waals surface area contributed by atoms with E-state index in [9.17, 15) is 4.79 Å². The van der Waals surface area contributed by atoms with E-state index in [0.717, 1.165) is 30.2 Å². The minimum absolute atomic E-state index is 0.0245. The second-order valence-corrected chi connectivity index (χ2v) is 9.50. The molecule has 0 unspecified atom stereocenters. The second-order valence-electron chi connectivity index (χ2n) is 6.78. The van der Waals surface area contributed by atoms with Gasteiger partial charge in [0.1, 0.15) is 5.75 Å². The van der Waals surface area contributed by atoms with E-state index >= 15 is 0 Å². The number of hydrogen-bond acceptors (Lipinski definition) is 5. The highest BCUT2D eigenvalue weighted by Gasteiger charge is 2.23. The molecule has 2 saturated heterocycles. The number of benzene rings is 2. The third-order valence-electron chi connectivity index (χ3n) is 5.02. The molecule has 2 aliphatic heterocycles. The maximum atomic E-state index is 12.7. The van der Waals surface area contributed by atoms with Crippen molar-refractivity contribution in [3.63, 3.8) is 0 Å². The summed E-state index contributed by atoms with van der Waals surface area (Å²) in [6, 6.07) is 16.3. The number of nitrogens with zero attached hydrogens (tertiary/aromatic N) is 2. The summed E-state index contributed by atoms with van der Waals surface area (Å²) in [6.07, 6.45) is 0. The first-order chi connectivity index (χ1) is 13.7. The Morgan fingerprint density at radius 3 is 2.54 bits per heavy atom. The topological polar surface area (TPSA) is 44.8 Å². The minimum atomic E-state index is -0.0245. The number of anilines is 2. The van der Waals surface area contributed by atoms with Gasteiger partial charge in [-0.2, -0.15) is 0 Å². The molecule has 2 amide bonds. The molecule has 28 heavy (non-hydrogen) atoms. The van der Waals surface area contributed by atoms with Crippen molar-refractivity contribution in [1.29, 1.82) is 0 Å². The van der Waals surface area contributed by atoms with Gasteiger partial charge in [0.25, 0.3) is 0 Å². The number of nitrogens with one attached hydrogen (secondary N) is 1. The van der Waals surface area contributed by atoms with Crippen molar-refractivity contribution in [2.75, 3.05) is 55.0 Å². The highest BCUT2D eigenvalue weighted by molar-refractivity contribution is 8.19. The van der Waals surface area contributed by atoms with Crippen molar-refractivity contribution in [3.05, 3.63) is 54.1 Å². The SMILES string of the molecule is COc1ccccc1N1CCN(C(=O)Nc2cccc(C3SCCS3)c2)CC1. The number of para-hydroxylation sites is 2. The van der Waals surface area contributed by atoms with E-state index in [1.807, 2.05) is 58.8 Å². The number of carbonyl (C=O) groups is 1. The van der Waals surface area contributed by atoms with Gasteiger partial charge in [0.15, 0.2) is 0 Å². The van der Waals surface area contributed by atoms with Crippen LogP contribution in [0, 0.1) is 0 Å². The number of thioether (sulfide) groups is 2. The zero-order chi connectivity index (χ0) is 19.3. The van der Waals surface area contributed by atoms with E-state index < -0.39 is 0 Å². The first-order valence-corrected chi connectivity index (χ1v) is 11.6. The molecule has 0 saturated carbocycles. The van der Waals surface area contributed by atoms with Crippen LogP contribution in [-0.4, -0.2) is 55.7 Å². The Kier molecular flexibility index (Phi) is 6.22. The molecule has 2 fully saturated rings. The summed E-state index contributed by atoms with van der Waals surface area (Å²) < 4.78 is 5.95. The lowest BCUT2D eigenvalue weighted by Crippen LogP contribution is -2.50. The summed E-state index contributed by atoms with van der Waals surface area (Å²) in [4.78, 5) is 16.9. The number of piperazine rings is 1. The molecule has 2 aromatic rings. The van der Waals surface area contributed by atoms with Crippen LogP contribution in [0.15, 0.2) is 48.5 Å². The lowest BCUT2D eigenvalue weighted by molar-refractivity contribution is 0.208. The van der Waals surface area contributed by atoms with E-state index in [1.165, 1.54) is 17.1 Å². The number of methoxy groups -OCH3 is 1. The van der Waals surface area contributed by atoms with Crippen LogP contribution in [0.1, 0.15) is 10.1 Å². The van der Waals surface area contributed by atoms with Crippen LogP contribution in [-0.2, 0) is 0 Å². The van der Waals surface area contributed by atoms with Gasteiger partial charge in [0.2, 0.25) is 0 Å². The molecule has 0 bridgehead atoms. The van der Waals surface area contributed by atoms with Crippen LogP contribution in [0.5, 0.6) is 5.75 Å². The van der Waals surface area contributed by atoms with Gasteiger partial charge < -0.3 is 19.9 Å². The van der Waals surface area contributed by atoms with Gasteiger partial charge in [-0.3, -0.25) is 0 Å². The van der Waals surface area contributed by atoms with Crippen LogP contribution in [0.2, 0.25) is 0 Å². The van der Waals surface area contributed by atoms with Crippen LogP contribution in [0.25, 0.3) is 0 Å². The zero-order valence-electron chi connectivity index (χ0n) is 16.0. The monoisotopic (exact) mass is 415 g/mol. The Morgan fingerprint density at radius 2 is 1.79 bits per heavy atom. The minimum Gasteiger partial charge on any atom is -0.495 e. The van der Waals surface area contributed by atoms with Gasteiger partial charge in [-0.15, -0.1) is 23.5 Å². The third-order valence-corrected chi connectivity index (χ3v) is 8.13. The van der Waals surface area contributed by atoms with E-state index in [-0.39, 0.29) is 6.03 Å². The van der Waals surface area contributed by atoms with E-state index in [1.54, 1.807) is 7.11 Å². The molecule has 1 N–H and O–H groups in total. The largest absolute Gasteiger partial charge is 0.495 e. The quantitative estimate of drug-likeness (QED) is 0.795. The molecule has 0 aromatic heterocycles. The lowest BCUT2D eigenvalue weighted by Gasteiger charge is -2.36. The lowest BCUT2D eigenvalue weighted by atomic mass is 10.2. The summed E-state index contributed by atoms with van der Waals surface area (Å²) in [5, 5.41) is 3.08. The molecule has 7 heteroatoms. The molecular formula is C21H25N3O2S2. The van der Waals surface area contributed by atoms with Crippen LogP contribution in [0.3, 0.4) is 0 Å². The Morgan fingerprint density at radius 1 is 1.04 bits per heavy atom. The Labute approximate surface area is 174 Å². The van der Waals surface area contributed by atoms with Crippen LogP contribution >= 0.6 is 23.5 Å². The number of rotatable bonds is 4. The number of amides is 2. The van der Waals surface area contributed by atoms with E-state index in [2.05, 4.69) is 28.4 Å². The fourth-order valence-electron chi connectivity index (χ4n) is 3.56. The number of urea groups is 1. The fraction of sp³-hybridized carbons (Fsp3) is 0.381. The van der Waals surface area contributed by atoms with Crippen molar-refractivity contribution in [2.24, 2.45) is 0 Å². The smallest absolute Gasteiger partial charge is 0.321 e. The van der Waals surface area contributed by atoms with Crippen LogP contribution in [0.4, 0.5) is 16.2 Å². The molecule has 0 aliphatic carbocycles. The maximum Gasteiger partial charge on any atom is 0.321 e. The van der Waals surface area contributed by atoms with Gasteiger partial charge in [0.05, 0.1) is 17.4 Å². The second kappa shape index (κ2) is 9.01. The fourth-order valence-corrected chi connectivity index (χ4v) is 6.40. The van der Waals surface area contributed by atoms with Crippen LogP contribution < -0.4 is 15.0 Å². The van der Waals surface area contributed by atoms with E-state index in [0.29, 0.717) is 17.7 Å². The van der Waals surface area contributed by atoms with Gasteiger partial charge >= 0.3 is 6.03 Å². The average Bonchev–Trinajstić information content (AvgIpc) is 3.29. The van der Waals surface area contributed by atoms with Gasteiger partial charge in [0, 0.05) is 43.4 Å². The summed E-state index contributed by atoms with van der Waals surface area (Å²) in [5.74, 6) is 3.27. The van der Waals surface area contributed by atoms with Crippen molar-refractivity contribution < 1.29 is 9.53 Å². The molecule has 2 aromatic carbocycles. The first-order valence-electron chi connectivity index (χ1n) is 9.51. The molecule has 0 spiro atoms. The highest BCUT2D eigenvalue weighted by atomic mass is 32.2. The summed E-state index contributed by atoms with van der Waals surface area (Å²) >= 11 is 3.95. The summed E-state index contributed by atoms with van der Waals surface area (Å²) in [5.41, 5.74) is 3.25. The van der Waals surface area contributed by atoms with E-state index in [4.69, 9.17) is 4.74 Å². The Balaban J connectivity index is 1.35. The predicted octanol–water partition coefficient (Wildman–Crippen LogP) is 4.53. The summed E-state index contributed by atoms with van der Waals surface area (Å²) in [7, 11) is 1.69. The normalized spacial score (nSPS) is 17.6. The van der Waals surface area contributed by atoms with Gasteiger partial charge in [-0.1, -0.05) is 24.3 Å². The predicted molar refractivity (Wildman–Crippen MR) is 120 cm³/mol. The molecular weight excluding hydrogens is 390 g/mol. The molecule has 4 rings (SSSR count). The highest BCUT2D eigenvalue weighted by Crippen LogP contribution is 2.45. The maximum absolute atomic E-state index is 12.7. The summed E-state index contributed by atoms with van der Waals surface area (Å²) in [6.45, 7) is 2.97. The molecule has 148 valence electrons. The number of ether oxygens (including phenoxy) is 1. The molecule has 2 heterocycles. The first kappa shape index (κ1) is 19.3. The van der Waals surface area contributed by atoms with Crippen molar-refractivity contribution in [2.45, 2.75) is 4.58 Å². The van der Waals surface area contributed by atoms with Gasteiger partial charge in [-0.25, -0.2) is 4.79 Å². The van der Waals surface area contributed by atoms with Crippen molar-refractivity contribution >= 4 is 40.9 Å². The van der Waals surface area contributed by atoms with Crippen molar-refractivity contribution in [3.8, 4) is 5.75 Å². The average molecular weight is 416 g/mol. The number of hydrogen-bond donors (Lipinski definition) is 1.